The van der Waals surface area contributed by atoms with E-state index in [0.29, 0.717) is 40.2 Å². The van der Waals surface area contributed by atoms with E-state index in [1.54, 1.807) is 30.3 Å². The van der Waals surface area contributed by atoms with E-state index in [4.69, 9.17) is 0 Å². The molecule has 4 atom stereocenters. The number of carbonyl (C=O) groups is 4. The average molecular weight is 728 g/mol. The average Bonchev–Trinajstić information content (AvgIpc) is 3.38. The first-order valence-corrected chi connectivity index (χ1v) is 17.2. The third-order valence-electron chi connectivity index (χ3n) is 10.3. The summed E-state index contributed by atoms with van der Waals surface area (Å²) in [5.74, 6) is -3.95. The number of allylic oxidation sites excluding steroid dienone is 6. The Morgan fingerprint density at radius 2 is 1.50 bits per heavy atom. The second-order valence-electron chi connectivity index (χ2n) is 13.3. The van der Waals surface area contributed by atoms with Gasteiger partial charge in [0, 0.05) is 48.5 Å². The van der Waals surface area contributed by atoms with E-state index in [-0.39, 0.29) is 40.0 Å². The van der Waals surface area contributed by atoms with Gasteiger partial charge in [-0.1, -0.05) is 42.0 Å². The highest BCUT2D eigenvalue weighted by Gasteiger charge is 2.57. The number of hydrogen-bond donors (Lipinski definition) is 1. The molecule has 1 heterocycles. The molecule has 4 aromatic carbocycles. The number of phenols is 1. The minimum Gasteiger partial charge on any atom is -0.508 e. The van der Waals surface area contributed by atoms with Crippen molar-refractivity contribution in [2.24, 2.45) is 28.0 Å². The van der Waals surface area contributed by atoms with Crippen LogP contribution in [0.15, 0.2) is 129 Å². The molecule has 1 fully saturated rings. The molecule has 0 saturated carbocycles. The van der Waals surface area contributed by atoms with Gasteiger partial charge in [-0.3, -0.25) is 24.1 Å². The number of halogens is 1. The number of carbonyl (C=O) groups excluding carboxylic acids is 4. The summed E-state index contributed by atoms with van der Waals surface area (Å²) in [6.45, 7) is 0. The number of phenolic OH excluding ortho intramolecular Hbond substituents is 1. The molecular formula is C40H31BrN4O5. The quantitative estimate of drug-likeness (QED) is 0.0964. The second kappa shape index (κ2) is 12.1. The standard InChI is InChI=1S/C40H31BrN4O5/c1-44(2)24-12-8-22(9-13-24)42-43-23-10-14-25(15-11-23)45-39(49)28-17-16-27-29(34(28)40(45)50)19-30-36(33(47)20-31(41)38(30)48)37(27)35-26-6-4-3-5-21(26)7-18-32(35)46/h3-16,18,20,28-29,34,37,46H,17,19H2,1-2H3/t28-,29+,34-,37+/m0/s1. The number of rotatable bonds is 5. The van der Waals surface area contributed by atoms with E-state index >= 15 is 0 Å². The first-order chi connectivity index (χ1) is 24.1. The molecule has 3 aliphatic carbocycles. The first kappa shape index (κ1) is 31.8. The highest BCUT2D eigenvalue weighted by Crippen LogP contribution is 2.57. The van der Waals surface area contributed by atoms with Gasteiger partial charge in [0.2, 0.25) is 11.8 Å². The van der Waals surface area contributed by atoms with Crippen molar-refractivity contribution >= 4 is 72.8 Å². The van der Waals surface area contributed by atoms with Crippen LogP contribution in [0.2, 0.25) is 0 Å². The van der Waals surface area contributed by atoms with Gasteiger partial charge in [0.15, 0.2) is 11.6 Å². The van der Waals surface area contributed by atoms with Gasteiger partial charge in [0.1, 0.15) is 5.75 Å². The van der Waals surface area contributed by atoms with E-state index in [9.17, 15) is 24.3 Å². The van der Waals surface area contributed by atoms with Crippen LogP contribution in [-0.4, -0.2) is 42.6 Å². The predicted octanol–water partition coefficient (Wildman–Crippen LogP) is 7.99. The molecule has 4 aromatic rings. The SMILES string of the molecule is CN(C)c1ccc(N=Nc2ccc(N3C(=O)[C@H]4[C@H](CC=C5[C@H](c6c(O)ccc7ccccc67)C6=C(C[C@H]54)C(=O)C(Br)=CC6=O)C3=O)cc2)cc1. The van der Waals surface area contributed by atoms with E-state index in [0.717, 1.165) is 22.0 Å². The minimum atomic E-state index is -0.759. The molecule has 4 aliphatic rings. The molecule has 10 heteroatoms. The Labute approximate surface area is 296 Å². The lowest BCUT2D eigenvalue weighted by molar-refractivity contribution is -0.123. The zero-order valence-electron chi connectivity index (χ0n) is 27.2. The van der Waals surface area contributed by atoms with Crippen LogP contribution < -0.4 is 9.80 Å². The summed E-state index contributed by atoms with van der Waals surface area (Å²) >= 11 is 3.28. The number of nitrogens with zero attached hydrogens (tertiary/aromatic N) is 4. The van der Waals surface area contributed by atoms with Crippen molar-refractivity contribution < 1.29 is 24.3 Å². The number of fused-ring (bicyclic) bond motifs is 4. The molecule has 1 N–H and O–H groups in total. The summed E-state index contributed by atoms with van der Waals surface area (Å²) < 4.78 is 0.153. The molecule has 0 spiro atoms. The van der Waals surface area contributed by atoms with Crippen molar-refractivity contribution in [3.05, 3.63) is 124 Å². The fourth-order valence-electron chi connectivity index (χ4n) is 7.98. The summed E-state index contributed by atoms with van der Waals surface area (Å²) in [4.78, 5) is 58.9. The van der Waals surface area contributed by atoms with Gasteiger partial charge in [-0.15, -0.1) is 0 Å². The van der Waals surface area contributed by atoms with Crippen LogP contribution in [0.25, 0.3) is 10.8 Å². The molecule has 1 saturated heterocycles. The lowest BCUT2D eigenvalue weighted by Crippen LogP contribution is -2.39. The molecule has 248 valence electrons. The summed E-state index contributed by atoms with van der Waals surface area (Å²) in [7, 11) is 3.93. The van der Waals surface area contributed by atoms with Gasteiger partial charge in [0.25, 0.3) is 0 Å². The summed E-state index contributed by atoms with van der Waals surface area (Å²) in [5, 5.41) is 21.6. The Balaban J connectivity index is 1.14. The molecule has 50 heavy (non-hydrogen) atoms. The Hall–Kier alpha value is -5.48. The number of Topliss-reactive ketones (excluding diaryl/α,β-unsaturated/α-hetero) is 1. The van der Waals surface area contributed by atoms with E-state index < -0.39 is 23.7 Å². The number of azo groups is 1. The van der Waals surface area contributed by atoms with Crippen LogP contribution in [0.4, 0.5) is 22.7 Å². The number of imide groups is 1. The van der Waals surface area contributed by atoms with Crippen molar-refractivity contribution in [1.82, 2.24) is 0 Å². The number of anilines is 2. The third-order valence-corrected chi connectivity index (χ3v) is 10.9. The predicted molar refractivity (Wildman–Crippen MR) is 194 cm³/mol. The van der Waals surface area contributed by atoms with E-state index in [1.165, 1.54) is 11.0 Å². The monoisotopic (exact) mass is 726 g/mol. The van der Waals surface area contributed by atoms with Gasteiger partial charge in [-0.25, -0.2) is 0 Å². The normalized spacial score (nSPS) is 23.2. The molecule has 2 amide bonds. The Bertz CT molecular complexity index is 2270. The van der Waals surface area contributed by atoms with Crippen LogP contribution in [0.1, 0.15) is 24.3 Å². The maximum absolute atomic E-state index is 14.4. The number of aromatic hydroxyl groups is 1. The van der Waals surface area contributed by atoms with Gasteiger partial charge >= 0.3 is 0 Å². The summed E-state index contributed by atoms with van der Waals surface area (Å²) in [6, 6.07) is 25.5. The van der Waals surface area contributed by atoms with Crippen molar-refractivity contribution in [2.45, 2.75) is 18.8 Å². The van der Waals surface area contributed by atoms with E-state index in [2.05, 4.69) is 26.2 Å². The highest BCUT2D eigenvalue weighted by atomic mass is 79.9. The Kier molecular flexibility index (Phi) is 7.71. The van der Waals surface area contributed by atoms with Crippen molar-refractivity contribution in [3.8, 4) is 5.75 Å². The molecule has 0 bridgehead atoms. The lowest BCUT2D eigenvalue weighted by atomic mass is 9.59. The largest absolute Gasteiger partial charge is 0.508 e. The zero-order valence-corrected chi connectivity index (χ0v) is 28.8. The van der Waals surface area contributed by atoms with Crippen LogP contribution in [0, 0.1) is 17.8 Å². The molecule has 0 radical (unpaired) electrons. The topological polar surface area (TPSA) is 120 Å². The minimum absolute atomic E-state index is 0.00337. The number of amides is 2. The van der Waals surface area contributed by atoms with Crippen LogP contribution in [-0.2, 0) is 19.2 Å². The Morgan fingerprint density at radius 1 is 0.820 bits per heavy atom. The van der Waals surface area contributed by atoms with Gasteiger partial charge in [-0.2, -0.15) is 10.2 Å². The maximum Gasteiger partial charge on any atom is 0.238 e. The zero-order chi connectivity index (χ0) is 34.8. The summed E-state index contributed by atoms with van der Waals surface area (Å²) in [5.41, 5.74) is 4.66. The van der Waals surface area contributed by atoms with E-state index in [1.807, 2.05) is 79.7 Å². The van der Waals surface area contributed by atoms with Gasteiger partial charge < -0.3 is 10.0 Å². The molecular weight excluding hydrogens is 696 g/mol. The first-order valence-electron chi connectivity index (χ1n) is 16.4. The van der Waals surface area contributed by atoms with Crippen molar-refractivity contribution in [3.63, 3.8) is 0 Å². The number of benzene rings is 4. The van der Waals surface area contributed by atoms with Crippen LogP contribution in [0.5, 0.6) is 5.75 Å². The number of hydrogen-bond acceptors (Lipinski definition) is 8. The fourth-order valence-corrected chi connectivity index (χ4v) is 8.43. The van der Waals surface area contributed by atoms with Gasteiger partial charge in [-0.05, 0) is 100 Å². The lowest BCUT2D eigenvalue weighted by Gasteiger charge is -2.42. The fraction of sp³-hybridized carbons (Fsp3) is 0.200. The molecule has 8 rings (SSSR count). The molecule has 0 unspecified atom stereocenters. The van der Waals surface area contributed by atoms with Crippen molar-refractivity contribution in [1.29, 1.82) is 0 Å². The number of ketones is 2. The van der Waals surface area contributed by atoms with Crippen molar-refractivity contribution in [2.75, 3.05) is 23.9 Å². The maximum atomic E-state index is 14.4. The summed E-state index contributed by atoms with van der Waals surface area (Å²) in [6.07, 6.45) is 3.68. The smallest absolute Gasteiger partial charge is 0.238 e. The third kappa shape index (κ3) is 5.05. The molecule has 0 aromatic heterocycles. The van der Waals surface area contributed by atoms with Crippen LogP contribution >= 0.6 is 15.9 Å². The highest BCUT2D eigenvalue weighted by molar-refractivity contribution is 9.12. The van der Waals surface area contributed by atoms with Gasteiger partial charge in [0.05, 0.1) is 33.4 Å². The second-order valence-corrected chi connectivity index (χ2v) is 14.1. The Morgan fingerprint density at radius 3 is 2.20 bits per heavy atom. The molecule has 1 aliphatic heterocycles. The molecule has 9 nitrogen and oxygen atoms in total. The van der Waals surface area contributed by atoms with Crippen LogP contribution in [0.3, 0.4) is 0 Å².